The Morgan fingerprint density at radius 3 is 2.82 bits per heavy atom. The average Bonchev–Trinajstić information content (AvgIpc) is 2.39. The van der Waals surface area contributed by atoms with Crippen LogP contribution in [-0.4, -0.2) is 15.1 Å². The fraction of sp³-hybridized carbons (Fsp3) is 0.231. The minimum atomic E-state index is 0.189. The largest absolute Gasteiger partial charge is 0.506 e. The summed E-state index contributed by atoms with van der Waals surface area (Å²) in [5.41, 5.74) is 2.05. The van der Waals surface area contributed by atoms with Crippen molar-refractivity contribution in [1.82, 2.24) is 15.3 Å². The molecule has 0 saturated carbocycles. The number of aromatic nitrogens is 2. The molecule has 2 aromatic rings. The van der Waals surface area contributed by atoms with Gasteiger partial charge in [-0.2, -0.15) is 0 Å². The molecule has 2 N–H and O–H groups in total. The molecule has 1 atom stereocenters. The Hall–Kier alpha value is -1.94. The Kier molecular flexibility index (Phi) is 3.67. The zero-order chi connectivity index (χ0) is 12.1. The molecule has 88 valence electrons. The number of rotatable bonds is 4. The Labute approximate surface area is 100 Å². The first-order valence-corrected chi connectivity index (χ1v) is 5.53. The Morgan fingerprint density at radius 2 is 2.18 bits per heavy atom. The van der Waals surface area contributed by atoms with Crippen LogP contribution in [-0.2, 0) is 6.54 Å². The van der Waals surface area contributed by atoms with Crippen molar-refractivity contribution in [1.29, 1.82) is 0 Å². The van der Waals surface area contributed by atoms with Crippen molar-refractivity contribution in [2.75, 3.05) is 0 Å². The summed E-state index contributed by atoms with van der Waals surface area (Å²) in [5, 5.41) is 12.5. The molecule has 0 spiro atoms. The van der Waals surface area contributed by atoms with Gasteiger partial charge in [-0.15, -0.1) is 0 Å². The zero-order valence-corrected chi connectivity index (χ0v) is 9.67. The third kappa shape index (κ3) is 3.26. The van der Waals surface area contributed by atoms with Gasteiger partial charge in [-0.05, 0) is 30.7 Å². The van der Waals surface area contributed by atoms with E-state index in [2.05, 4.69) is 22.2 Å². The lowest BCUT2D eigenvalue weighted by Gasteiger charge is -2.13. The van der Waals surface area contributed by atoms with Crippen LogP contribution in [0.2, 0.25) is 0 Å². The van der Waals surface area contributed by atoms with Gasteiger partial charge in [-0.3, -0.25) is 9.97 Å². The molecule has 4 nitrogen and oxygen atoms in total. The van der Waals surface area contributed by atoms with E-state index in [0.29, 0.717) is 6.54 Å². The lowest BCUT2D eigenvalue weighted by Crippen LogP contribution is -2.18. The van der Waals surface area contributed by atoms with Gasteiger partial charge in [-0.25, -0.2) is 0 Å². The van der Waals surface area contributed by atoms with Gasteiger partial charge in [0.2, 0.25) is 0 Å². The van der Waals surface area contributed by atoms with Crippen molar-refractivity contribution in [2.24, 2.45) is 0 Å². The van der Waals surface area contributed by atoms with Crippen molar-refractivity contribution >= 4 is 0 Å². The topological polar surface area (TPSA) is 58.0 Å². The zero-order valence-electron chi connectivity index (χ0n) is 9.67. The smallest absolute Gasteiger partial charge is 0.133 e. The molecule has 0 aliphatic heterocycles. The van der Waals surface area contributed by atoms with Crippen molar-refractivity contribution in [3.63, 3.8) is 0 Å². The summed E-state index contributed by atoms with van der Waals surface area (Å²) in [4.78, 5) is 8.20. The van der Waals surface area contributed by atoms with Crippen LogP contribution in [0.4, 0.5) is 0 Å². The second-order valence-electron chi connectivity index (χ2n) is 3.90. The molecule has 0 bridgehead atoms. The summed E-state index contributed by atoms with van der Waals surface area (Å²) in [7, 11) is 0. The quantitative estimate of drug-likeness (QED) is 0.842. The van der Waals surface area contributed by atoms with Crippen LogP contribution in [0, 0.1) is 0 Å². The van der Waals surface area contributed by atoms with Crippen LogP contribution in [0.3, 0.4) is 0 Å². The average molecular weight is 229 g/mol. The van der Waals surface area contributed by atoms with Crippen molar-refractivity contribution in [2.45, 2.75) is 19.5 Å². The highest BCUT2D eigenvalue weighted by molar-refractivity contribution is 5.18. The van der Waals surface area contributed by atoms with Gasteiger partial charge in [0.15, 0.2) is 0 Å². The number of nitrogens with one attached hydrogen (secondary N) is 1. The Bertz CT molecular complexity index is 456. The molecule has 0 aromatic carbocycles. The van der Waals surface area contributed by atoms with E-state index in [9.17, 15) is 0 Å². The summed E-state index contributed by atoms with van der Waals surface area (Å²) in [6, 6.07) is 7.62. The molecule has 0 fully saturated rings. The van der Waals surface area contributed by atoms with Crippen molar-refractivity contribution in [3.8, 4) is 5.75 Å². The van der Waals surface area contributed by atoms with Crippen LogP contribution in [0.15, 0.2) is 42.9 Å². The molecule has 0 unspecified atom stereocenters. The molecular weight excluding hydrogens is 214 g/mol. The van der Waals surface area contributed by atoms with E-state index in [1.807, 2.05) is 18.3 Å². The van der Waals surface area contributed by atoms with E-state index in [1.165, 1.54) is 6.20 Å². The van der Waals surface area contributed by atoms with E-state index in [0.717, 1.165) is 11.3 Å². The molecule has 0 aliphatic carbocycles. The maximum absolute atomic E-state index is 9.12. The molecule has 2 rings (SSSR count). The van der Waals surface area contributed by atoms with Gasteiger partial charge in [0, 0.05) is 25.0 Å². The van der Waals surface area contributed by atoms with Crippen LogP contribution in [0.5, 0.6) is 5.75 Å². The second kappa shape index (κ2) is 5.41. The Balaban J connectivity index is 1.92. The summed E-state index contributed by atoms with van der Waals surface area (Å²) >= 11 is 0. The summed E-state index contributed by atoms with van der Waals surface area (Å²) in [5.74, 6) is 0.189. The van der Waals surface area contributed by atoms with Crippen LogP contribution >= 0.6 is 0 Å². The van der Waals surface area contributed by atoms with E-state index in [-0.39, 0.29) is 11.8 Å². The lowest BCUT2D eigenvalue weighted by atomic mass is 10.1. The number of nitrogens with zero attached hydrogens (tertiary/aromatic N) is 2. The third-order valence-electron chi connectivity index (χ3n) is 2.58. The molecule has 0 amide bonds. The van der Waals surface area contributed by atoms with Gasteiger partial charge in [0.25, 0.3) is 0 Å². The first kappa shape index (κ1) is 11.5. The summed E-state index contributed by atoms with van der Waals surface area (Å²) < 4.78 is 0. The Morgan fingerprint density at radius 1 is 1.29 bits per heavy atom. The van der Waals surface area contributed by atoms with Crippen molar-refractivity contribution < 1.29 is 5.11 Å². The van der Waals surface area contributed by atoms with Crippen molar-refractivity contribution in [3.05, 3.63) is 54.1 Å². The minimum absolute atomic E-state index is 0.189. The highest BCUT2D eigenvalue weighted by atomic mass is 16.3. The third-order valence-corrected chi connectivity index (χ3v) is 2.58. The molecule has 0 saturated heterocycles. The molecule has 2 heterocycles. The van der Waals surface area contributed by atoms with Gasteiger partial charge in [-0.1, -0.05) is 6.07 Å². The molecule has 4 heteroatoms. The minimum Gasteiger partial charge on any atom is -0.506 e. The molecule has 0 aliphatic rings. The fourth-order valence-corrected chi connectivity index (χ4v) is 1.53. The van der Waals surface area contributed by atoms with E-state index < -0.39 is 0 Å². The summed E-state index contributed by atoms with van der Waals surface area (Å²) in [6.07, 6.45) is 5.06. The van der Waals surface area contributed by atoms with Crippen LogP contribution in [0.25, 0.3) is 0 Å². The second-order valence-corrected chi connectivity index (χ2v) is 3.90. The SMILES string of the molecule is C[C@H](NCc1ccc(O)cn1)c1cccnc1. The number of hydrogen-bond acceptors (Lipinski definition) is 4. The van der Waals surface area contributed by atoms with E-state index in [4.69, 9.17) is 5.11 Å². The molecule has 0 radical (unpaired) electrons. The number of aromatic hydroxyl groups is 1. The highest BCUT2D eigenvalue weighted by Gasteiger charge is 2.04. The standard InChI is InChI=1S/C13H15N3O/c1-10(11-3-2-6-14-7-11)15-8-12-4-5-13(17)9-16-12/h2-7,9-10,15,17H,8H2,1H3/t10-/m0/s1. The normalized spacial score (nSPS) is 12.3. The number of hydrogen-bond donors (Lipinski definition) is 2. The molecule has 2 aromatic heterocycles. The maximum Gasteiger partial charge on any atom is 0.133 e. The molecular formula is C13H15N3O. The first-order valence-electron chi connectivity index (χ1n) is 5.53. The van der Waals surface area contributed by atoms with Crippen LogP contribution in [0.1, 0.15) is 24.2 Å². The van der Waals surface area contributed by atoms with E-state index >= 15 is 0 Å². The van der Waals surface area contributed by atoms with Gasteiger partial charge in [0.05, 0.1) is 11.9 Å². The fourth-order valence-electron chi connectivity index (χ4n) is 1.53. The predicted molar refractivity (Wildman–Crippen MR) is 65.4 cm³/mol. The maximum atomic E-state index is 9.12. The van der Waals surface area contributed by atoms with Crippen LogP contribution < -0.4 is 5.32 Å². The van der Waals surface area contributed by atoms with Gasteiger partial charge in [0.1, 0.15) is 5.75 Å². The number of pyridine rings is 2. The van der Waals surface area contributed by atoms with E-state index in [1.54, 1.807) is 18.3 Å². The lowest BCUT2D eigenvalue weighted by molar-refractivity contribution is 0.471. The summed E-state index contributed by atoms with van der Waals surface area (Å²) in [6.45, 7) is 2.74. The monoisotopic (exact) mass is 229 g/mol. The highest BCUT2D eigenvalue weighted by Crippen LogP contribution is 2.11. The predicted octanol–water partition coefficient (Wildman–Crippen LogP) is 2.03. The first-order chi connectivity index (χ1) is 8.25. The molecule has 17 heavy (non-hydrogen) atoms. The van der Waals surface area contributed by atoms with Gasteiger partial charge >= 0.3 is 0 Å². The van der Waals surface area contributed by atoms with Gasteiger partial charge < -0.3 is 10.4 Å².